The van der Waals surface area contributed by atoms with Gasteiger partial charge in [-0.2, -0.15) is 0 Å². The van der Waals surface area contributed by atoms with Gasteiger partial charge in [0.1, 0.15) is 5.69 Å². The molecule has 0 saturated heterocycles. The number of hydrogen-bond donors (Lipinski definition) is 1. The molecule has 1 heterocycles. The second kappa shape index (κ2) is 4.99. The lowest BCUT2D eigenvalue weighted by molar-refractivity contribution is 0.365. The van der Waals surface area contributed by atoms with Crippen molar-refractivity contribution in [2.45, 2.75) is 33.7 Å². The molecule has 0 unspecified atom stereocenters. The highest BCUT2D eigenvalue weighted by Gasteiger charge is 2.08. The van der Waals surface area contributed by atoms with Crippen LogP contribution in [0.2, 0.25) is 0 Å². The van der Waals surface area contributed by atoms with E-state index in [2.05, 4.69) is 47.7 Å². The fourth-order valence-corrected chi connectivity index (χ4v) is 1.86. The van der Waals surface area contributed by atoms with Gasteiger partial charge in [0.05, 0.1) is 6.54 Å². The number of hydrogen-bond acceptors (Lipinski definition) is 4. The van der Waals surface area contributed by atoms with E-state index in [1.807, 2.05) is 6.92 Å². The van der Waals surface area contributed by atoms with Crippen LogP contribution in [0.5, 0.6) is 0 Å². The van der Waals surface area contributed by atoms with Gasteiger partial charge in [0.15, 0.2) is 5.76 Å². The molecule has 0 spiro atoms. The molecule has 90 valence electrons. The lowest BCUT2D eigenvalue weighted by atomic mass is 10.1. The minimum absolute atomic E-state index is 0.622. The molecule has 2 rings (SSSR count). The molecule has 0 aliphatic carbocycles. The van der Waals surface area contributed by atoms with Crippen LogP contribution >= 0.6 is 0 Å². The Kier molecular flexibility index (Phi) is 3.42. The van der Waals surface area contributed by atoms with Gasteiger partial charge in [0, 0.05) is 11.0 Å². The van der Waals surface area contributed by atoms with Crippen LogP contribution in [0.25, 0.3) is 0 Å². The topological polar surface area (TPSA) is 51.0 Å². The van der Waals surface area contributed by atoms with Gasteiger partial charge in [0.2, 0.25) is 0 Å². The quantitative estimate of drug-likeness (QED) is 0.879. The third-order valence-electron chi connectivity index (χ3n) is 2.91. The summed E-state index contributed by atoms with van der Waals surface area (Å²) < 4.78 is 5.08. The Morgan fingerprint density at radius 3 is 2.76 bits per heavy atom. The van der Waals surface area contributed by atoms with Crippen molar-refractivity contribution in [2.75, 3.05) is 5.32 Å². The average molecular weight is 231 g/mol. The third kappa shape index (κ3) is 2.46. The number of benzene rings is 1. The van der Waals surface area contributed by atoms with Crippen LogP contribution in [-0.4, -0.2) is 10.4 Å². The summed E-state index contributed by atoms with van der Waals surface area (Å²) in [5.41, 5.74) is 4.58. The highest BCUT2D eigenvalue weighted by atomic mass is 16.5. The molecule has 1 aromatic carbocycles. The maximum atomic E-state index is 5.08. The first kappa shape index (κ1) is 11.6. The van der Waals surface area contributed by atoms with Crippen molar-refractivity contribution in [3.63, 3.8) is 0 Å². The van der Waals surface area contributed by atoms with Gasteiger partial charge in [-0.25, -0.2) is 0 Å². The van der Waals surface area contributed by atoms with E-state index >= 15 is 0 Å². The molecular weight excluding hydrogens is 214 g/mol. The van der Waals surface area contributed by atoms with E-state index in [1.54, 1.807) is 0 Å². The molecule has 4 nitrogen and oxygen atoms in total. The van der Waals surface area contributed by atoms with Crippen molar-refractivity contribution in [1.29, 1.82) is 0 Å². The zero-order valence-electron chi connectivity index (χ0n) is 10.4. The van der Waals surface area contributed by atoms with Gasteiger partial charge >= 0.3 is 0 Å². The fraction of sp³-hybridized carbons (Fsp3) is 0.385. The number of anilines is 1. The fourth-order valence-electron chi connectivity index (χ4n) is 1.86. The highest BCUT2D eigenvalue weighted by molar-refractivity contribution is 5.57. The molecule has 4 heteroatoms. The molecule has 1 aromatic heterocycles. The van der Waals surface area contributed by atoms with Crippen LogP contribution in [0.15, 0.2) is 22.7 Å². The molecule has 0 saturated carbocycles. The maximum absolute atomic E-state index is 5.08. The average Bonchev–Trinajstić information content (AvgIpc) is 2.73. The lowest BCUT2D eigenvalue weighted by Gasteiger charge is -2.12. The van der Waals surface area contributed by atoms with Crippen molar-refractivity contribution in [3.05, 3.63) is 40.8 Å². The number of rotatable bonds is 4. The predicted octanol–water partition coefficient (Wildman–Crippen LogP) is 2.86. The predicted molar refractivity (Wildman–Crippen MR) is 66.9 cm³/mol. The molecule has 0 aliphatic rings. The first-order valence-electron chi connectivity index (χ1n) is 5.82. The summed E-state index contributed by atoms with van der Waals surface area (Å²) in [6.45, 7) is 6.77. The standard InChI is InChI=1S/C13H17N3O/c1-4-11-7-5-6-9(2)13(11)14-8-12-10(3)15-16-17-12/h5-7,14H,4,8H2,1-3H3. The summed E-state index contributed by atoms with van der Waals surface area (Å²) >= 11 is 0. The van der Waals surface area contributed by atoms with Crippen LogP contribution in [0, 0.1) is 13.8 Å². The molecule has 1 N–H and O–H groups in total. The van der Waals surface area contributed by atoms with E-state index in [-0.39, 0.29) is 0 Å². The summed E-state index contributed by atoms with van der Waals surface area (Å²) in [5.74, 6) is 0.787. The van der Waals surface area contributed by atoms with Crippen LogP contribution in [0.4, 0.5) is 5.69 Å². The molecule has 0 fully saturated rings. The Hall–Kier alpha value is -1.84. The van der Waals surface area contributed by atoms with Crippen molar-refractivity contribution in [1.82, 2.24) is 10.4 Å². The SMILES string of the molecule is CCc1cccc(C)c1NCc1onnc1C. The van der Waals surface area contributed by atoms with Gasteiger partial charge in [0.25, 0.3) is 0 Å². The number of nitrogens with zero attached hydrogens (tertiary/aromatic N) is 2. The normalized spacial score (nSPS) is 10.5. The summed E-state index contributed by atoms with van der Waals surface area (Å²) in [6.07, 6.45) is 1.01. The van der Waals surface area contributed by atoms with Crippen LogP contribution < -0.4 is 5.32 Å². The largest absolute Gasteiger partial charge is 0.377 e. The molecule has 0 radical (unpaired) electrons. The second-order valence-electron chi connectivity index (χ2n) is 4.10. The smallest absolute Gasteiger partial charge is 0.179 e. The molecule has 0 aliphatic heterocycles. The van der Waals surface area contributed by atoms with E-state index in [0.717, 1.165) is 17.9 Å². The van der Waals surface area contributed by atoms with Gasteiger partial charge in [-0.1, -0.05) is 25.1 Å². The minimum atomic E-state index is 0.622. The first-order chi connectivity index (χ1) is 8.22. The Balaban J connectivity index is 2.16. The van der Waals surface area contributed by atoms with Crippen molar-refractivity contribution in [3.8, 4) is 0 Å². The summed E-state index contributed by atoms with van der Waals surface area (Å²) in [7, 11) is 0. The second-order valence-corrected chi connectivity index (χ2v) is 4.10. The van der Waals surface area contributed by atoms with E-state index in [0.29, 0.717) is 6.54 Å². The maximum Gasteiger partial charge on any atom is 0.179 e. The van der Waals surface area contributed by atoms with E-state index < -0.39 is 0 Å². The molecule has 2 aromatic rings. The molecule has 0 bridgehead atoms. The minimum Gasteiger partial charge on any atom is -0.377 e. The Bertz CT molecular complexity index is 505. The molecule has 17 heavy (non-hydrogen) atoms. The van der Waals surface area contributed by atoms with Gasteiger partial charge in [-0.05, 0) is 31.4 Å². The molecule has 0 amide bonds. The Labute approximate surface area is 101 Å². The Morgan fingerprint density at radius 2 is 2.12 bits per heavy atom. The number of aryl methyl sites for hydroxylation is 3. The van der Waals surface area contributed by atoms with E-state index in [1.165, 1.54) is 16.8 Å². The number of aromatic nitrogens is 2. The number of para-hydroxylation sites is 1. The van der Waals surface area contributed by atoms with Crippen LogP contribution in [-0.2, 0) is 13.0 Å². The zero-order chi connectivity index (χ0) is 12.3. The van der Waals surface area contributed by atoms with Crippen LogP contribution in [0.3, 0.4) is 0 Å². The lowest BCUT2D eigenvalue weighted by Crippen LogP contribution is -2.04. The van der Waals surface area contributed by atoms with Gasteiger partial charge in [-0.15, -0.1) is 5.10 Å². The summed E-state index contributed by atoms with van der Waals surface area (Å²) in [5, 5.41) is 10.8. The first-order valence-corrected chi connectivity index (χ1v) is 5.82. The van der Waals surface area contributed by atoms with E-state index in [4.69, 9.17) is 4.52 Å². The van der Waals surface area contributed by atoms with Gasteiger partial charge in [-0.3, -0.25) is 0 Å². The number of nitrogens with one attached hydrogen (secondary N) is 1. The van der Waals surface area contributed by atoms with Crippen molar-refractivity contribution < 1.29 is 4.52 Å². The third-order valence-corrected chi connectivity index (χ3v) is 2.91. The van der Waals surface area contributed by atoms with E-state index in [9.17, 15) is 0 Å². The van der Waals surface area contributed by atoms with Crippen LogP contribution in [0.1, 0.15) is 29.5 Å². The van der Waals surface area contributed by atoms with Gasteiger partial charge < -0.3 is 9.84 Å². The summed E-state index contributed by atoms with van der Waals surface area (Å²) in [4.78, 5) is 0. The summed E-state index contributed by atoms with van der Waals surface area (Å²) in [6, 6.07) is 6.33. The molecular formula is C13H17N3O. The monoisotopic (exact) mass is 231 g/mol. The van der Waals surface area contributed by atoms with Crippen molar-refractivity contribution in [2.24, 2.45) is 0 Å². The zero-order valence-corrected chi connectivity index (χ0v) is 10.4. The highest BCUT2D eigenvalue weighted by Crippen LogP contribution is 2.21. The Morgan fingerprint density at radius 1 is 1.29 bits per heavy atom. The molecule has 0 atom stereocenters. The van der Waals surface area contributed by atoms with Crippen molar-refractivity contribution >= 4 is 5.69 Å².